The second-order valence-corrected chi connectivity index (χ2v) is 23.3. The van der Waals surface area contributed by atoms with Crippen LogP contribution in [0.5, 0.6) is 0 Å². The summed E-state index contributed by atoms with van der Waals surface area (Å²) in [6, 6.07) is 69.9. The van der Waals surface area contributed by atoms with E-state index >= 15 is 0 Å². The van der Waals surface area contributed by atoms with Gasteiger partial charge in [0.1, 0.15) is 0 Å². The molecule has 4 heterocycles. The molecule has 0 saturated heterocycles. The summed E-state index contributed by atoms with van der Waals surface area (Å²) in [7, 11) is 0. The van der Waals surface area contributed by atoms with Gasteiger partial charge in [-0.05, 0) is 108 Å². The number of hydrogen-bond donors (Lipinski definition) is 0. The molecule has 0 bridgehead atoms. The first-order valence-electron chi connectivity index (χ1n) is 25.6. The zero-order valence-electron chi connectivity index (χ0n) is 41.7. The Kier molecular flexibility index (Phi) is 7.93. The van der Waals surface area contributed by atoms with Crippen LogP contribution in [-0.4, -0.2) is 15.8 Å². The molecule has 0 amide bonds. The maximum atomic E-state index is 2.73. The number of rotatable bonds is 2. The van der Waals surface area contributed by atoms with E-state index in [0.717, 1.165) is 0 Å². The van der Waals surface area contributed by atoms with Gasteiger partial charge in [0.25, 0.3) is 0 Å². The van der Waals surface area contributed by atoms with Crippen LogP contribution < -0.4 is 15.8 Å². The number of nitrogens with zero attached hydrogens (tertiary/aromatic N) is 3. The number of fused-ring (bicyclic) bond motifs is 19. The highest BCUT2D eigenvalue weighted by Gasteiger charge is 2.53. The van der Waals surface area contributed by atoms with Gasteiger partial charge in [-0.25, -0.2) is 0 Å². The normalized spacial score (nSPS) is 15.0. The van der Waals surface area contributed by atoms with Crippen LogP contribution in [0.1, 0.15) is 77.6 Å². The molecule has 340 valence electrons. The van der Waals surface area contributed by atoms with Crippen molar-refractivity contribution >= 4 is 111 Å². The lowest BCUT2D eigenvalue weighted by atomic mass is 9.30. The van der Waals surface area contributed by atoms with Gasteiger partial charge in [0.05, 0.1) is 22.2 Å². The molecule has 0 saturated carbocycles. The molecule has 0 fully saturated rings. The maximum absolute atomic E-state index is 2.73. The average molecular weight is 912 g/mol. The van der Waals surface area contributed by atoms with E-state index in [1.54, 1.807) is 0 Å². The number of anilines is 2. The Labute approximate surface area is 415 Å². The van der Waals surface area contributed by atoms with Crippen molar-refractivity contribution in [3.63, 3.8) is 0 Å². The molecule has 4 heteroatoms. The Morgan fingerprint density at radius 1 is 0.437 bits per heavy atom. The lowest BCUT2D eigenvalue weighted by Crippen LogP contribution is -2.56. The minimum absolute atomic E-state index is 0.00241. The Hall–Kier alpha value is -7.82. The molecular weight excluding hydrogens is 858 g/mol. The first-order valence-corrected chi connectivity index (χ1v) is 25.6. The van der Waals surface area contributed by atoms with Crippen LogP contribution in [0.2, 0.25) is 0 Å². The Balaban J connectivity index is 1.19. The zero-order chi connectivity index (χ0) is 48.0. The molecule has 15 rings (SSSR count). The minimum Gasteiger partial charge on any atom is -0.311 e. The third-order valence-corrected chi connectivity index (χ3v) is 17.0. The Morgan fingerprint density at radius 2 is 1.06 bits per heavy atom. The van der Waals surface area contributed by atoms with Gasteiger partial charge in [0.15, 0.2) is 0 Å². The summed E-state index contributed by atoms with van der Waals surface area (Å²) in [5.41, 5.74) is 20.7. The summed E-state index contributed by atoms with van der Waals surface area (Å²) in [4.78, 5) is 2.69. The molecule has 10 aromatic carbocycles. The fourth-order valence-corrected chi connectivity index (χ4v) is 13.7. The number of aromatic nitrogens is 2. The summed E-state index contributed by atoms with van der Waals surface area (Å²) in [6.45, 7) is 19.0. The highest BCUT2D eigenvalue weighted by atomic mass is 15.2. The first kappa shape index (κ1) is 41.0. The van der Waals surface area contributed by atoms with Crippen molar-refractivity contribution in [2.45, 2.75) is 71.6 Å². The topological polar surface area (TPSA) is 13.1 Å². The van der Waals surface area contributed by atoms with Crippen molar-refractivity contribution in [2.24, 2.45) is 0 Å². The monoisotopic (exact) mass is 911 g/mol. The van der Waals surface area contributed by atoms with Crippen molar-refractivity contribution in [2.75, 3.05) is 4.90 Å². The third kappa shape index (κ3) is 5.25. The van der Waals surface area contributed by atoms with Gasteiger partial charge in [-0.1, -0.05) is 200 Å². The number of para-hydroxylation sites is 3. The minimum atomic E-state index is -0.307. The standard InChI is InChI=1S/C67H54BN3/c1-65(2,3)39-29-32-42(33-30-39)70-56-38-51-45-23-13-12-21-43(45)44-22-14-15-25-47(44)57(51)63-59(56)68(64-62(70)49-34-31-40(66(4,5)6)37-52(49)67(64,7)8)53-27-18-26-50-58-55(71(63)60(50)53)36-35-48-46-24-16-17-28-54(46)69(61(48)58)41-19-10-9-11-20-41/h9-38H,1-8H3. The molecule has 12 aromatic rings. The van der Waals surface area contributed by atoms with Crippen LogP contribution in [0.4, 0.5) is 11.4 Å². The van der Waals surface area contributed by atoms with E-state index in [9.17, 15) is 0 Å². The molecule has 0 radical (unpaired) electrons. The smallest absolute Gasteiger partial charge is 0.248 e. The molecule has 3 aliphatic rings. The predicted molar refractivity (Wildman–Crippen MR) is 305 cm³/mol. The van der Waals surface area contributed by atoms with Gasteiger partial charge >= 0.3 is 0 Å². The molecule has 71 heavy (non-hydrogen) atoms. The van der Waals surface area contributed by atoms with Crippen LogP contribution in [0.15, 0.2) is 187 Å². The zero-order valence-corrected chi connectivity index (χ0v) is 41.7. The van der Waals surface area contributed by atoms with Crippen molar-refractivity contribution in [3.8, 4) is 11.4 Å². The van der Waals surface area contributed by atoms with Crippen LogP contribution in [0.3, 0.4) is 0 Å². The van der Waals surface area contributed by atoms with Crippen LogP contribution in [-0.2, 0) is 16.2 Å². The SMILES string of the molecule is CC(C)(C)c1ccc(N2C3=C(B4c5c2cc2c6ccccc6c6ccccc6c2c5-n2c5ccc6c7ccccc7n(-c7ccccc7)c6c5c5cccc4c52)C(C)(C)c2cc(C(C)(C)C)ccc23)cc1. The Bertz CT molecular complexity index is 4380. The van der Waals surface area contributed by atoms with Crippen molar-refractivity contribution < 1.29 is 0 Å². The molecule has 2 aliphatic heterocycles. The van der Waals surface area contributed by atoms with Crippen molar-refractivity contribution in [1.29, 1.82) is 0 Å². The molecule has 0 atom stereocenters. The van der Waals surface area contributed by atoms with E-state index in [1.807, 2.05) is 0 Å². The summed E-state index contributed by atoms with van der Waals surface area (Å²) < 4.78 is 5.26. The molecule has 3 nitrogen and oxygen atoms in total. The lowest BCUT2D eigenvalue weighted by Gasteiger charge is -2.43. The van der Waals surface area contributed by atoms with E-state index in [4.69, 9.17) is 0 Å². The van der Waals surface area contributed by atoms with Gasteiger partial charge in [-0.15, -0.1) is 0 Å². The maximum Gasteiger partial charge on any atom is 0.248 e. The van der Waals surface area contributed by atoms with Crippen molar-refractivity contribution in [1.82, 2.24) is 9.13 Å². The largest absolute Gasteiger partial charge is 0.311 e. The third-order valence-electron chi connectivity index (χ3n) is 17.0. The summed E-state index contributed by atoms with van der Waals surface area (Å²) in [6.07, 6.45) is 0. The molecule has 0 N–H and O–H groups in total. The molecule has 0 spiro atoms. The van der Waals surface area contributed by atoms with Gasteiger partial charge in [-0.2, -0.15) is 0 Å². The predicted octanol–water partition coefficient (Wildman–Crippen LogP) is 16.3. The number of hydrogen-bond acceptors (Lipinski definition) is 1. The first-order chi connectivity index (χ1) is 34.3. The van der Waals surface area contributed by atoms with Gasteiger partial charge in [0, 0.05) is 66.2 Å². The van der Waals surface area contributed by atoms with E-state index in [2.05, 4.69) is 251 Å². The summed E-state index contributed by atoms with van der Waals surface area (Å²) >= 11 is 0. The highest BCUT2D eigenvalue weighted by molar-refractivity contribution is 6.96. The quantitative estimate of drug-likeness (QED) is 0.124. The van der Waals surface area contributed by atoms with E-state index in [1.165, 1.54) is 143 Å². The number of allylic oxidation sites excluding steroid dienone is 1. The molecule has 1 aliphatic carbocycles. The van der Waals surface area contributed by atoms with Crippen LogP contribution in [0, 0.1) is 0 Å². The van der Waals surface area contributed by atoms with Crippen LogP contribution >= 0.6 is 0 Å². The average Bonchev–Trinajstić information content (AvgIpc) is 3.99. The lowest BCUT2D eigenvalue weighted by molar-refractivity contribution is 0.584. The molecular formula is C67H54BN3. The highest BCUT2D eigenvalue weighted by Crippen LogP contribution is 2.57. The van der Waals surface area contributed by atoms with Gasteiger partial charge < -0.3 is 14.0 Å². The fraction of sp³-hybridized carbons (Fsp3) is 0.164. The number of benzene rings is 10. The van der Waals surface area contributed by atoms with Gasteiger partial charge in [-0.3, -0.25) is 0 Å². The second kappa shape index (κ2) is 13.7. The molecule has 2 aromatic heterocycles. The van der Waals surface area contributed by atoms with Crippen LogP contribution in [0.25, 0.3) is 93.0 Å². The van der Waals surface area contributed by atoms with E-state index < -0.39 is 0 Å². The van der Waals surface area contributed by atoms with Gasteiger partial charge in [0.2, 0.25) is 6.71 Å². The van der Waals surface area contributed by atoms with E-state index in [-0.39, 0.29) is 23.0 Å². The summed E-state index contributed by atoms with van der Waals surface area (Å²) in [5.74, 6) is 0. The fourth-order valence-electron chi connectivity index (χ4n) is 13.7. The second-order valence-electron chi connectivity index (χ2n) is 23.3. The summed E-state index contributed by atoms with van der Waals surface area (Å²) in [5, 5.41) is 12.9. The van der Waals surface area contributed by atoms with Crippen molar-refractivity contribution in [3.05, 3.63) is 210 Å². The Morgan fingerprint density at radius 3 is 1.77 bits per heavy atom. The van der Waals surface area contributed by atoms with E-state index in [0.29, 0.717) is 0 Å². The molecule has 0 unspecified atom stereocenters.